The van der Waals surface area contributed by atoms with Gasteiger partial charge in [0.2, 0.25) is 0 Å². The van der Waals surface area contributed by atoms with Gasteiger partial charge in [0.15, 0.2) is 5.75 Å². The highest BCUT2D eigenvalue weighted by atomic mass is 16.5. The molecule has 1 saturated heterocycles. The number of rotatable bonds is 5. The number of carbonyl (C=O) groups is 1. The molecule has 2 aromatic heterocycles. The quantitative estimate of drug-likeness (QED) is 0.773. The van der Waals surface area contributed by atoms with E-state index >= 15 is 0 Å². The number of carbonyl (C=O) groups excluding carboxylic acids is 1. The number of aromatic nitrogens is 3. The van der Waals surface area contributed by atoms with Crippen molar-refractivity contribution in [1.82, 2.24) is 20.5 Å². The summed E-state index contributed by atoms with van der Waals surface area (Å²) in [6, 6.07) is 1.83. The molecule has 3 N–H and O–H groups in total. The average molecular weight is 302 g/mol. The van der Waals surface area contributed by atoms with Crippen molar-refractivity contribution in [3.8, 4) is 5.75 Å². The van der Waals surface area contributed by atoms with E-state index < -0.39 is 0 Å². The molecule has 1 amide bonds. The van der Waals surface area contributed by atoms with E-state index in [0.717, 1.165) is 18.4 Å². The number of amides is 1. The Labute approximate surface area is 127 Å². The number of nitrogens with zero attached hydrogens (tertiary/aromatic N) is 1. The number of hydrogen-bond donors (Lipinski definition) is 3. The van der Waals surface area contributed by atoms with Gasteiger partial charge in [-0.25, -0.2) is 0 Å². The van der Waals surface area contributed by atoms with Crippen molar-refractivity contribution in [3.05, 3.63) is 35.9 Å². The zero-order valence-electron chi connectivity index (χ0n) is 12.0. The van der Waals surface area contributed by atoms with Crippen LogP contribution in [0.4, 0.5) is 0 Å². The first-order valence-corrected chi connectivity index (χ1v) is 7.52. The van der Waals surface area contributed by atoms with E-state index in [2.05, 4.69) is 20.5 Å². The summed E-state index contributed by atoms with van der Waals surface area (Å²) in [5, 5.41) is 9.56. The lowest BCUT2D eigenvalue weighted by atomic mass is 10.1. The first-order valence-electron chi connectivity index (χ1n) is 7.52. The number of nitrogens with one attached hydrogen (secondary N) is 3. The minimum absolute atomic E-state index is 0.0943. The highest BCUT2D eigenvalue weighted by Crippen LogP contribution is 2.41. The van der Waals surface area contributed by atoms with Gasteiger partial charge in [-0.3, -0.25) is 9.89 Å². The molecule has 0 aromatic carbocycles. The Balaban J connectivity index is 1.43. The summed E-state index contributed by atoms with van der Waals surface area (Å²) >= 11 is 0. The Kier molecular flexibility index (Phi) is 3.34. The molecule has 1 aliphatic heterocycles. The summed E-state index contributed by atoms with van der Waals surface area (Å²) in [5.74, 6) is 1.08. The SMILES string of the molecule is O=C(N[C@H]1COC[C@H]1Oc1cn[nH]c1)c1[nH]ccc1C1CC1. The van der Waals surface area contributed by atoms with Crippen molar-refractivity contribution < 1.29 is 14.3 Å². The molecule has 7 nitrogen and oxygen atoms in total. The molecule has 1 saturated carbocycles. The summed E-state index contributed by atoms with van der Waals surface area (Å²) in [6.07, 6.45) is 7.22. The standard InChI is InChI=1S/C15H18N4O3/c20-15(14-11(3-4-16-14)9-1-2-9)19-12-7-21-8-13(12)22-10-5-17-18-6-10/h3-6,9,12-13,16H,1-2,7-8H2,(H,17,18)(H,19,20)/t12-,13+/m0/s1. The van der Waals surface area contributed by atoms with Crippen LogP contribution in [0.25, 0.3) is 0 Å². The maximum absolute atomic E-state index is 12.5. The molecule has 2 atom stereocenters. The Hall–Kier alpha value is -2.28. The summed E-state index contributed by atoms with van der Waals surface area (Å²) in [7, 11) is 0. The smallest absolute Gasteiger partial charge is 0.268 e. The van der Waals surface area contributed by atoms with Crippen molar-refractivity contribution in [2.75, 3.05) is 13.2 Å². The maximum atomic E-state index is 12.5. The topological polar surface area (TPSA) is 92.0 Å². The molecule has 2 aromatic rings. The average Bonchev–Trinajstić information content (AvgIpc) is 2.97. The van der Waals surface area contributed by atoms with Crippen LogP contribution in [-0.4, -0.2) is 46.4 Å². The lowest BCUT2D eigenvalue weighted by molar-refractivity contribution is 0.0898. The largest absolute Gasteiger partial charge is 0.482 e. The van der Waals surface area contributed by atoms with Crippen LogP contribution >= 0.6 is 0 Å². The van der Waals surface area contributed by atoms with E-state index in [9.17, 15) is 4.79 Å². The second-order valence-electron chi connectivity index (χ2n) is 5.79. The van der Waals surface area contributed by atoms with Crippen molar-refractivity contribution >= 4 is 5.91 Å². The molecule has 7 heteroatoms. The molecule has 3 heterocycles. The Morgan fingerprint density at radius 3 is 3.09 bits per heavy atom. The molecule has 0 radical (unpaired) electrons. The zero-order valence-corrected chi connectivity index (χ0v) is 12.0. The normalized spacial score (nSPS) is 24.4. The van der Waals surface area contributed by atoms with Crippen LogP contribution in [0.3, 0.4) is 0 Å². The molecule has 2 fully saturated rings. The molecular weight excluding hydrogens is 284 g/mol. The fourth-order valence-electron chi connectivity index (χ4n) is 2.82. The minimum Gasteiger partial charge on any atom is -0.482 e. The Morgan fingerprint density at radius 1 is 1.41 bits per heavy atom. The molecule has 2 aliphatic rings. The highest BCUT2D eigenvalue weighted by molar-refractivity contribution is 5.94. The number of hydrogen-bond acceptors (Lipinski definition) is 4. The highest BCUT2D eigenvalue weighted by Gasteiger charge is 2.34. The second-order valence-corrected chi connectivity index (χ2v) is 5.79. The minimum atomic E-state index is -0.208. The van der Waals surface area contributed by atoms with Gasteiger partial charge in [0.25, 0.3) is 5.91 Å². The molecule has 4 rings (SSSR count). The van der Waals surface area contributed by atoms with Gasteiger partial charge in [-0.1, -0.05) is 0 Å². The van der Waals surface area contributed by atoms with Crippen molar-refractivity contribution in [2.24, 2.45) is 0 Å². The lowest BCUT2D eigenvalue weighted by Crippen LogP contribution is -2.45. The molecular formula is C15H18N4O3. The Bertz CT molecular complexity index is 648. The van der Waals surface area contributed by atoms with Gasteiger partial charge in [0.05, 0.1) is 31.6 Å². The predicted octanol–water partition coefficient (Wildman–Crippen LogP) is 1.19. The van der Waals surface area contributed by atoms with Gasteiger partial charge in [-0.15, -0.1) is 0 Å². The van der Waals surface area contributed by atoms with Crippen LogP contribution in [0.1, 0.15) is 34.8 Å². The maximum Gasteiger partial charge on any atom is 0.268 e. The van der Waals surface area contributed by atoms with E-state index in [1.54, 1.807) is 12.4 Å². The number of H-pyrrole nitrogens is 2. The third kappa shape index (κ3) is 2.59. The lowest BCUT2D eigenvalue weighted by Gasteiger charge is -2.19. The van der Waals surface area contributed by atoms with Crippen molar-refractivity contribution in [1.29, 1.82) is 0 Å². The van der Waals surface area contributed by atoms with Crippen molar-refractivity contribution in [3.63, 3.8) is 0 Å². The van der Waals surface area contributed by atoms with Crippen LogP contribution in [0.15, 0.2) is 24.7 Å². The van der Waals surface area contributed by atoms with Crippen LogP contribution in [0, 0.1) is 0 Å². The molecule has 0 bridgehead atoms. The van der Waals surface area contributed by atoms with Gasteiger partial charge in [0, 0.05) is 6.20 Å². The van der Waals surface area contributed by atoms with Gasteiger partial charge in [0.1, 0.15) is 11.8 Å². The summed E-state index contributed by atoms with van der Waals surface area (Å²) in [6.45, 7) is 0.907. The fraction of sp³-hybridized carbons (Fsp3) is 0.467. The van der Waals surface area contributed by atoms with Gasteiger partial charge in [-0.05, 0) is 30.4 Å². The predicted molar refractivity (Wildman–Crippen MR) is 77.8 cm³/mol. The van der Waals surface area contributed by atoms with Crippen LogP contribution in [0.5, 0.6) is 5.75 Å². The zero-order chi connectivity index (χ0) is 14.9. The first kappa shape index (κ1) is 13.4. The van der Waals surface area contributed by atoms with E-state index in [1.165, 1.54) is 0 Å². The first-order chi connectivity index (χ1) is 10.8. The third-order valence-corrected chi connectivity index (χ3v) is 4.13. The van der Waals surface area contributed by atoms with Gasteiger partial charge in [-0.2, -0.15) is 5.10 Å². The van der Waals surface area contributed by atoms with Crippen LogP contribution in [-0.2, 0) is 4.74 Å². The van der Waals surface area contributed by atoms with Crippen LogP contribution < -0.4 is 10.1 Å². The second kappa shape index (κ2) is 5.49. The monoisotopic (exact) mass is 302 g/mol. The fourth-order valence-corrected chi connectivity index (χ4v) is 2.82. The number of aromatic amines is 2. The van der Waals surface area contributed by atoms with E-state index in [-0.39, 0.29) is 18.1 Å². The molecule has 116 valence electrons. The number of ether oxygens (including phenoxy) is 2. The van der Waals surface area contributed by atoms with E-state index in [1.807, 2.05) is 12.3 Å². The Morgan fingerprint density at radius 2 is 2.32 bits per heavy atom. The van der Waals surface area contributed by atoms with Crippen molar-refractivity contribution in [2.45, 2.75) is 30.9 Å². The summed E-state index contributed by atoms with van der Waals surface area (Å²) in [5.41, 5.74) is 1.78. The summed E-state index contributed by atoms with van der Waals surface area (Å²) in [4.78, 5) is 15.5. The van der Waals surface area contributed by atoms with Crippen LogP contribution in [0.2, 0.25) is 0 Å². The van der Waals surface area contributed by atoms with E-state index in [4.69, 9.17) is 9.47 Å². The molecule has 22 heavy (non-hydrogen) atoms. The summed E-state index contributed by atoms with van der Waals surface area (Å²) < 4.78 is 11.2. The van der Waals surface area contributed by atoms with Gasteiger partial charge < -0.3 is 19.8 Å². The third-order valence-electron chi connectivity index (χ3n) is 4.13. The van der Waals surface area contributed by atoms with Gasteiger partial charge >= 0.3 is 0 Å². The molecule has 0 unspecified atom stereocenters. The molecule has 0 spiro atoms. The van der Waals surface area contributed by atoms with E-state index in [0.29, 0.717) is 30.6 Å². The molecule has 1 aliphatic carbocycles.